The second-order valence-corrected chi connectivity index (χ2v) is 3.52. The van der Waals surface area contributed by atoms with Crippen molar-refractivity contribution in [1.29, 1.82) is 0 Å². The molecule has 0 atom stereocenters. The highest BCUT2D eigenvalue weighted by Crippen LogP contribution is 2.10. The summed E-state index contributed by atoms with van der Waals surface area (Å²) < 4.78 is 16.5. The monoisotopic (exact) mass is 257 g/mol. The van der Waals surface area contributed by atoms with E-state index < -0.39 is 5.97 Å². The van der Waals surface area contributed by atoms with Gasteiger partial charge in [-0.25, -0.2) is 4.79 Å². The van der Waals surface area contributed by atoms with Crippen molar-refractivity contribution in [1.82, 2.24) is 9.78 Å². The van der Waals surface area contributed by atoms with Gasteiger partial charge in [0.15, 0.2) is 5.69 Å². The highest BCUT2D eigenvalue weighted by Gasteiger charge is 2.15. The third kappa shape index (κ3) is 4.34. The average Bonchev–Trinajstić information content (AvgIpc) is 2.71. The van der Waals surface area contributed by atoms with E-state index in [0.717, 1.165) is 0 Å². The first kappa shape index (κ1) is 14.5. The van der Waals surface area contributed by atoms with Gasteiger partial charge in [-0.1, -0.05) is 0 Å². The summed E-state index contributed by atoms with van der Waals surface area (Å²) in [5.41, 5.74) is 6.14. The minimum Gasteiger partial charge on any atom is -0.461 e. The zero-order chi connectivity index (χ0) is 13.4. The van der Waals surface area contributed by atoms with Gasteiger partial charge in [-0.2, -0.15) is 5.10 Å². The van der Waals surface area contributed by atoms with Crippen molar-refractivity contribution in [2.45, 2.75) is 13.5 Å². The lowest BCUT2D eigenvalue weighted by Gasteiger charge is -2.03. The van der Waals surface area contributed by atoms with Crippen molar-refractivity contribution in [3.63, 3.8) is 0 Å². The molecule has 0 aromatic carbocycles. The van der Waals surface area contributed by atoms with Crippen LogP contribution in [0.1, 0.15) is 17.4 Å². The van der Waals surface area contributed by atoms with E-state index in [2.05, 4.69) is 5.10 Å². The van der Waals surface area contributed by atoms with Gasteiger partial charge >= 0.3 is 5.97 Å². The standard InChI is InChI=1S/C11H19N3O4/c1-3-18-11(15)10-9(12)8-14(13-10)4-5-17-7-6-16-2/h8H,3-7,12H2,1-2H3. The number of hydrogen-bond donors (Lipinski definition) is 1. The highest BCUT2D eigenvalue weighted by atomic mass is 16.5. The van der Waals surface area contributed by atoms with Crippen molar-refractivity contribution in [3.05, 3.63) is 11.9 Å². The molecule has 7 heteroatoms. The largest absolute Gasteiger partial charge is 0.461 e. The minimum atomic E-state index is -0.506. The Labute approximate surface area is 106 Å². The molecule has 0 spiro atoms. The van der Waals surface area contributed by atoms with Crippen LogP contribution >= 0.6 is 0 Å². The maximum absolute atomic E-state index is 11.5. The third-order valence-corrected chi connectivity index (χ3v) is 2.16. The predicted molar refractivity (Wildman–Crippen MR) is 65.3 cm³/mol. The van der Waals surface area contributed by atoms with Crippen LogP contribution < -0.4 is 5.73 Å². The first-order valence-electron chi connectivity index (χ1n) is 5.75. The summed E-state index contributed by atoms with van der Waals surface area (Å²) in [5, 5.41) is 4.05. The lowest BCUT2D eigenvalue weighted by atomic mass is 10.4. The van der Waals surface area contributed by atoms with Gasteiger partial charge < -0.3 is 19.9 Å². The molecule has 7 nitrogen and oxygen atoms in total. The number of anilines is 1. The molecule has 0 unspecified atom stereocenters. The van der Waals surface area contributed by atoms with Crippen LogP contribution in [0.3, 0.4) is 0 Å². The van der Waals surface area contributed by atoms with Crippen LogP contribution in [-0.4, -0.2) is 49.3 Å². The lowest BCUT2D eigenvalue weighted by Crippen LogP contribution is -2.11. The van der Waals surface area contributed by atoms with E-state index in [9.17, 15) is 4.79 Å². The van der Waals surface area contributed by atoms with Gasteiger partial charge in [0.1, 0.15) is 0 Å². The van der Waals surface area contributed by atoms with Gasteiger partial charge in [0.2, 0.25) is 0 Å². The number of ether oxygens (including phenoxy) is 3. The van der Waals surface area contributed by atoms with Crippen LogP contribution in [0, 0.1) is 0 Å². The predicted octanol–water partition coefficient (Wildman–Crippen LogP) is 0.305. The van der Waals surface area contributed by atoms with Crippen LogP contribution in [-0.2, 0) is 20.8 Å². The van der Waals surface area contributed by atoms with Crippen molar-refractivity contribution in [2.24, 2.45) is 0 Å². The van der Waals surface area contributed by atoms with Gasteiger partial charge in [-0.3, -0.25) is 4.68 Å². The summed E-state index contributed by atoms with van der Waals surface area (Å²) in [6.45, 7) is 4.10. The molecule has 1 aromatic heterocycles. The summed E-state index contributed by atoms with van der Waals surface area (Å²) >= 11 is 0. The molecule has 0 saturated carbocycles. The highest BCUT2D eigenvalue weighted by molar-refractivity contribution is 5.92. The Morgan fingerprint density at radius 2 is 2.22 bits per heavy atom. The van der Waals surface area contributed by atoms with Crippen LogP contribution in [0.15, 0.2) is 6.20 Å². The molecule has 0 aliphatic carbocycles. The minimum absolute atomic E-state index is 0.147. The molecule has 0 saturated heterocycles. The molecule has 0 fully saturated rings. The first-order chi connectivity index (χ1) is 8.69. The molecule has 0 radical (unpaired) electrons. The second-order valence-electron chi connectivity index (χ2n) is 3.52. The van der Waals surface area contributed by atoms with Crippen LogP contribution in [0.5, 0.6) is 0 Å². The number of methoxy groups -OCH3 is 1. The zero-order valence-corrected chi connectivity index (χ0v) is 10.7. The van der Waals surface area contributed by atoms with E-state index >= 15 is 0 Å². The molecule has 2 N–H and O–H groups in total. The van der Waals surface area contributed by atoms with Gasteiger partial charge in [0.25, 0.3) is 0 Å². The second kappa shape index (κ2) is 7.67. The number of hydrogen-bond acceptors (Lipinski definition) is 6. The summed E-state index contributed by atoms with van der Waals surface area (Å²) in [5.74, 6) is -0.506. The van der Waals surface area contributed by atoms with E-state index in [4.69, 9.17) is 19.9 Å². The van der Waals surface area contributed by atoms with Crippen LogP contribution in [0.25, 0.3) is 0 Å². The first-order valence-corrected chi connectivity index (χ1v) is 5.75. The SMILES string of the molecule is CCOC(=O)c1nn(CCOCCOC)cc1N. The van der Waals surface area contributed by atoms with E-state index in [1.807, 2.05) is 0 Å². The van der Waals surface area contributed by atoms with E-state index in [-0.39, 0.29) is 5.69 Å². The normalized spacial score (nSPS) is 10.6. The molecule has 1 aromatic rings. The molecule has 1 heterocycles. The van der Waals surface area contributed by atoms with Crippen LogP contribution in [0.4, 0.5) is 5.69 Å². The third-order valence-electron chi connectivity index (χ3n) is 2.16. The molecular formula is C11H19N3O4. The molecule has 18 heavy (non-hydrogen) atoms. The van der Waals surface area contributed by atoms with Crippen molar-refractivity contribution in [2.75, 3.05) is 39.3 Å². The molecular weight excluding hydrogens is 238 g/mol. The molecule has 102 valence electrons. The number of aromatic nitrogens is 2. The molecule has 0 aliphatic rings. The molecule has 0 aliphatic heterocycles. The zero-order valence-electron chi connectivity index (χ0n) is 10.7. The number of nitrogens with two attached hydrogens (primary N) is 1. The number of carbonyl (C=O) groups excluding carboxylic acids is 1. The van der Waals surface area contributed by atoms with E-state index in [1.165, 1.54) is 0 Å². The number of nitrogen functional groups attached to an aromatic ring is 1. The Hall–Kier alpha value is -1.60. The van der Waals surface area contributed by atoms with Crippen molar-refractivity contribution >= 4 is 11.7 Å². The fourth-order valence-corrected chi connectivity index (χ4v) is 1.31. The number of nitrogens with zero attached hydrogens (tertiary/aromatic N) is 2. The molecule has 0 bridgehead atoms. The van der Waals surface area contributed by atoms with Crippen LogP contribution in [0.2, 0.25) is 0 Å². The molecule has 0 amide bonds. The maximum atomic E-state index is 11.5. The van der Waals surface area contributed by atoms with Crippen molar-refractivity contribution in [3.8, 4) is 0 Å². The maximum Gasteiger partial charge on any atom is 0.361 e. The van der Waals surface area contributed by atoms with Gasteiger partial charge in [0, 0.05) is 13.3 Å². The average molecular weight is 257 g/mol. The quantitative estimate of drug-likeness (QED) is 0.532. The Morgan fingerprint density at radius 1 is 1.44 bits per heavy atom. The van der Waals surface area contributed by atoms with Gasteiger partial charge in [0.05, 0.1) is 38.7 Å². The van der Waals surface area contributed by atoms with E-state index in [1.54, 1.807) is 24.9 Å². The van der Waals surface area contributed by atoms with E-state index in [0.29, 0.717) is 38.7 Å². The van der Waals surface area contributed by atoms with Crippen molar-refractivity contribution < 1.29 is 19.0 Å². The number of esters is 1. The summed E-state index contributed by atoms with van der Waals surface area (Å²) in [6.07, 6.45) is 1.59. The van der Waals surface area contributed by atoms with Gasteiger partial charge in [-0.15, -0.1) is 0 Å². The Kier molecular flexibility index (Phi) is 6.16. The Bertz CT molecular complexity index is 378. The Morgan fingerprint density at radius 3 is 2.89 bits per heavy atom. The van der Waals surface area contributed by atoms with Gasteiger partial charge in [-0.05, 0) is 6.92 Å². The topological polar surface area (TPSA) is 88.6 Å². The molecule has 1 rings (SSSR count). The summed E-state index contributed by atoms with van der Waals surface area (Å²) in [7, 11) is 1.61. The fourth-order valence-electron chi connectivity index (χ4n) is 1.31. The number of carbonyl (C=O) groups is 1. The summed E-state index contributed by atoms with van der Waals surface area (Å²) in [6, 6.07) is 0. The number of rotatable bonds is 8. The summed E-state index contributed by atoms with van der Waals surface area (Å²) in [4.78, 5) is 11.5. The fraction of sp³-hybridized carbons (Fsp3) is 0.636. The smallest absolute Gasteiger partial charge is 0.361 e. The Balaban J connectivity index is 2.43. The lowest BCUT2D eigenvalue weighted by molar-refractivity contribution is 0.0516.